The van der Waals surface area contributed by atoms with Crippen LogP contribution in [0.3, 0.4) is 0 Å². The van der Waals surface area contributed by atoms with Crippen molar-refractivity contribution in [3.63, 3.8) is 0 Å². The van der Waals surface area contributed by atoms with Crippen LogP contribution in [0.4, 0.5) is 0 Å². The molecule has 1 aliphatic heterocycles. The Morgan fingerprint density at radius 1 is 1.18 bits per heavy atom. The molecule has 0 fully saturated rings. The summed E-state index contributed by atoms with van der Waals surface area (Å²) in [5.74, 6) is 1.70. The zero-order valence-electron chi connectivity index (χ0n) is 11.5. The summed E-state index contributed by atoms with van der Waals surface area (Å²) < 4.78 is 12.3. The average Bonchev–Trinajstić information content (AvgIpc) is 3.18. The van der Waals surface area contributed by atoms with E-state index in [4.69, 9.17) is 9.47 Å². The van der Waals surface area contributed by atoms with E-state index in [-0.39, 0.29) is 12.7 Å². The third-order valence-electron chi connectivity index (χ3n) is 3.43. The van der Waals surface area contributed by atoms with Crippen molar-refractivity contribution in [3.8, 4) is 11.5 Å². The lowest BCUT2D eigenvalue weighted by atomic mass is 10.2. The molecule has 110 valence electrons. The molecule has 3 heterocycles. The van der Waals surface area contributed by atoms with Gasteiger partial charge in [0.25, 0.3) is 5.91 Å². The molecule has 2 aromatic heterocycles. The lowest BCUT2D eigenvalue weighted by Gasteiger charge is -2.05. The molecule has 1 aromatic carbocycles. The van der Waals surface area contributed by atoms with Gasteiger partial charge in [0.2, 0.25) is 6.79 Å². The fourth-order valence-corrected chi connectivity index (χ4v) is 2.31. The first kappa shape index (κ1) is 12.6. The number of hydrogen-bond acceptors (Lipinski definition) is 5. The van der Waals surface area contributed by atoms with Gasteiger partial charge in [0.05, 0.1) is 6.54 Å². The zero-order chi connectivity index (χ0) is 14.9. The third-order valence-corrected chi connectivity index (χ3v) is 3.43. The molecule has 1 aliphatic rings. The van der Waals surface area contributed by atoms with Crippen LogP contribution in [0.15, 0.2) is 42.6 Å². The van der Waals surface area contributed by atoms with Crippen LogP contribution in [0, 0.1) is 0 Å². The SMILES string of the molecule is O=C(NCc1nnc2ccccn12)c1ccc2c(c1)OCO2. The third kappa shape index (κ3) is 2.12. The summed E-state index contributed by atoms with van der Waals surface area (Å²) in [6.45, 7) is 0.477. The first-order valence-corrected chi connectivity index (χ1v) is 6.78. The van der Waals surface area contributed by atoms with Crippen LogP contribution in [0.1, 0.15) is 16.2 Å². The van der Waals surface area contributed by atoms with Crippen molar-refractivity contribution in [3.05, 3.63) is 54.0 Å². The number of ether oxygens (including phenoxy) is 2. The summed E-state index contributed by atoms with van der Waals surface area (Å²) in [6.07, 6.45) is 1.86. The maximum atomic E-state index is 12.2. The number of nitrogens with one attached hydrogen (secondary N) is 1. The summed E-state index contributed by atoms with van der Waals surface area (Å²) in [6, 6.07) is 10.7. The number of carbonyl (C=O) groups is 1. The summed E-state index contributed by atoms with van der Waals surface area (Å²) in [7, 11) is 0. The Labute approximate surface area is 125 Å². The van der Waals surface area contributed by atoms with Crippen LogP contribution in [-0.4, -0.2) is 27.3 Å². The molecule has 22 heavy (non-hydrogen) atoms. The standard InChI is InChI=1S/C15H12N4O3/c20-15(10-4-5-11-12(7-10)22-9-21-11)16-8-14-18-17-13-3-1-2-6-19(13)14/h1-7H,8-9H2,(H,16,20). The van der Waals surface area contributed by atoms with Gasteiger partial charge in [0.1, 0.15) is 0 Å². The topological polar surface area (TPSA) is 77.8 Å². The smallest absolute Gasteiger partial charge is 0.251 e. The van der Waals surface area contributed by atoms with E-state index in [0.29, 0.717) is 29.4 Å². The minimum atomic E-state index is -0.203. The summed E-state index contributed by atoms with van der Waals surface area (Å²) in [4.78, 5) is 12.2. The number of aromatic nitrogens is 3. The van der Waals surface area contributed by atoms with Crippen molar-refractivity contribution < 1.29 is 14.3 Å². The molecule has 0 atom stereocenters. The predicted octanol–water partition coefficient (Wildman–Crippen LogP) is 1.39. The van der Waals surface area contributed by atoms with Crippen molar-refractivity contribution in [1.29, 1.82) is 0 Å². The van der Waals surface area contributed by atoms with Crippen LogP contribution in [0.2, 0.25) is 0 Å². The molecule has 0 bridgehead atoms. The molecular weight excluding hydrogens is 284 g/mol. The number of fused-ring (bicyclic) bond motifs is 2. The molecular formula is C15H12N4O3. The molecule has 1 N–H and O–H groups in total. The first-order chi connectivity index (χ1) is 10.8. The van der Waals surface area contributed by atoms with Gasteiger partial charge in [-0.3, -0.25) is 9.20 Å². The van der Waals surface area contributed by atoms with E-state index in [0.717, 1.165) is 5.65 Å². The van der Waals surface area contributed by atoms with E-state index in [9.17, 15) is 4.79 Å². The van der Waals surface area contributed by atoms with E-state index in [1.807, 2.05) is 28.8 Å². The normalized spacial score (nSPS) is 12.5. The Morgan fingerprint density at radius 3 is 3.05 bits per heavy atom. The first-order valence-electron chi connectivity index (χ1n) is 6.78. The number of pyridine rings is 1. The lowest BCUT2D eigenvalue weighted by molar-refractivity contribution is 0.0949. The number of rotatable bonds is 3. The largest absolute Gasteiger partial charge is 0.454 e. The molecule has 0 radical (unpaired) electrons. The van der Waals surface area contributed by atoms with Crippen molar-refractivity contribution in [2.45, 2.75) is 6.54 Å². The molecule has 0 unspecified atom stereocenters. The fraction of sp³-hybridized carbons (Fsp3) is 0.133. The van der Waals surface area contributed by atoms with Gasteiger partial charge < -0.3 is 14.8 Å². The lowest BCUT2D eigenvalue weighted by Crippen LogP contribution is -2.23. The van der Waals surface area contributed by atoms with E-state index in [1.54, 1.807) is 18.2 Å². The highest BCUT2D eigenvalue weighted by atomic mass is 16.7. The second-order valence-corrected chi connectivity index (χ2v) is 4.80. The van der Waals surface area contributed by atoms with Gasteiger partial charge in [0, 0.05) is 11.8 Å². The van der Waals surface area contributed by atoms with Crippen molar-refractivity contribution in [2.24, 2.45) is 0 Å². The Kier molecular flexibility index (Phi) is 2.89. The monoisotopic (exact) mass is 296 g/mol. The fourth-order valence-electron chi connectivity index (χ4n) is 2.31. The van der Waals surface area contributed by atoms with E-state index in [2.05, 4.69) is 15.5 Å². The van der Waals surface area contributed by atoms with Crippen molar-refractivity contribution in [1.82, 2.24) is 19.9 Å². The molecule has 7 heteroatoms. The van der Waals surface area contributed by atoms with Crippen LogP contribution >= 0.6 is 0 Å². The van der Waals surface area contributed by atoms with Crippen molar-refractivity contribution >= 4 is 11.6 Å². The zero-order valence-corrected chi connectivity index (χ0v) is 11.5. The van der Waals surface area contributed by atoms with Crippen molar-refractivity contribution in [2.75, 3.05) is 6.79 Å². The highest BCUT2D eigenvalue weighted by Gasteiger charge is 2.16. The minimum absolute atomic E-state index is 0.187. The van der Waals surface area contributed by atoms with Gasteiger partial charge in [-0.2, -0.15) is 0 Å². The summed E-state index contributed by atoms with van der Waals surface area (Å²) in [5, 5.41) is 10.9. The second-order valence-electron chi connectivity index (χ2n) is 4.80. The Bertz CT molecular complexity index is 859. The van der Waals surface area contributed by atoms with Gasteiger partial charge >= 0.3 is 0 Å². The number of amides is 1. The Balaban J connectivity index is 1.50. The molecule has 0 saturated carbocycles. The maximum Gasteiger partial charge on any atom is 0.251 e. The molecule has 0 aliphatic carbocycles. The Hall–Kier alpha value is -3.09. The maximum absolute atomic E-state index is 12.2. The van der Waals surface area contributed by atoms with E-state index < -0.39 is 0 Å². The van der Waals surface area contributed by atoms with Crippen LogP contribution in [-0.2, 0) is 6.54 Å². The molecule has 3 aromatic rings. The number of nitrogens with zero attached hydrogens (tertiary/aromatic N) is 3. The highest BCUT2D eigenvalue weighted by Crippen LogP contribution is 2.32. The minimum Gasteiger partial charge on any atom is -0.454 e. The summed E-state index contributed by atoms with van der Waals surface area (Å²) in [5.41, 5.74) is 1.26. The second kappa shape index (κ2) is 5.03. The molecule has 0 spiro atoms. The van der Waals surface area contributed by atoms with Crippen LogP contribution < -0.4 is 14.8 Å². The van der Waals surface area contributed by atoms with Gasteiger partial charge in [-0.25, -0.2) is 0 Å². The van der Waals surface area contributed by atoms with Crippen LogP contribution in [0.25, 0.3) is 5.65 Å². The highest BCUT2D eigenvalue weighted by molar-refractivity contribution is 5.94. The molecule has 7 nitrogen and oxygen atoms in total. The Morgan fingerprint density at radius 2 is 2.09 bits per heavy atom. The van der Waals surface area contributed by atoms with Gasteiger partial charge in [-0.15, -0.1) is 10.2 Å². The van der Waals surface area contributed by atoms with Gasteiger partial charge in [-0.05, 0) is 30.3 Å². The number of benzene rings is 1. The number of hydrogen-bond donors (Lipinski definition) is 1. The predicted molar refractivity (Wildman–Crippen MR) is 76.7 cm³/mol. The van der Waals surface area contributed by atoms with Crippen LogP contribution in [0.5, 0.6) is 11.5 Å². The summed E-state index contributed by atoms with van der Waals surface area (Å²) >= 11 is 0. The number of carbonyl (C=O) groups excluding carboxylic acids is 1. The van der Waals surface area contributed by atoms with Gasteiger partial charge in [0.15, 0.2) is 23.0 Å². The quantitative estimate of drug-likeness (QED) is 0.790. The van der Waals surface area contributed by atoms with E-state index in [1.165, 1.54) is 0 Å². The average molecular weight is 296 g/mol. The molecule has 0 saturated heterocycles. The van der Waals surface area contributed by atoms with E-state index >= 15 is 0 Å². The van der Waals surface area contributed by atoms with Gasteiger partial charge in [-0.1, -0.05) is 6.07 Å². The molecule has 4 rings (SSSR count). The molecule has 1 amide bonds.